The van der Waals surface area contributed by atoms with Crippen LogP contribution in [0.2, 0.25) is 0 Å². The van der Waals surface area contributed by atoms with Crippen LogP contribution in [0, 0.1) is 0 Å². The minimum Gasteiger partial charge on any atom is -0.369 e. The Morgan fingerprint density at radius 1 is 0.933 bits per heavy atom. The van der Waals surface area contributed by atoms with Gasteiger partial charge in [-0.25, -0.2) is 4.99 Å². The molecular weight excluding hydrogens is 372 g/mol. The lowest BCUT2D eigenvalue weighted by Crippen LogP contribution is -2.58. The van der Waals surface area contributed by atoms with Gasteiger partial charge in [0.25, 0.3) is 0 Å². The molecule has 0 atom stereocenters. The Hall–Kier alpha value is -2.86. The molecule has 0 amide bonds. The van der Waals surface area contributed by atoms with Crippen LogP contribution in [0.1, 0.15) is 50.2 Å². The maximum Gasteiger partial charge on any atom is 0.220 e. The Bertz CT molecular complexity index is 914. The van der Waals surface area contributed by atoms with Crippen LogP contribution in [-0.2, 0) is 13.1 Å². The van der Waals surface area contributed by atoms with Gasteiger partial charge < -0.3 is 11.5 Å². The zero-order valence-corrected chi connectivity index (χ0v) is 17.8. The fourth-order valence-electron chi connectivity index (χ4n) is 4.69. The van der Waals surface area contributed by atoms with Gasteiger partial charge in [0.1, 0.15) is 5.66 Å². The Morgan fingerprint density at radius 3 is 2.37 bits per heavy atom. The summed E-state index contributed by atoms with van der Waals surface area (Å²) in [6.07, 6.45) is 5.36. The van der Waals surface area contributed by atoms with Crippen molar-refractivity contribution in [3.8, 4) is 0 Å². The van der Waals surface area contributed by atoms with Gasteiger partial charge in [0, 0.05) is 13.1 Å². The molecule has 0 radical (unpaired) electrons. The number of benzene rings is 2. The van der Waals surface area contributed by atoms with Crippen LogP contribution < -0.4 is 16.4 Å². The van der Waals surface area contributed by atoms with Crippen molar-refractivity contribution in [3.63, 3.8) is 0 Å². The quantitative estimate of drug-likeness (QED) is 0.767. The number of guanidine groups is 2. The maximum atomic E-state index is 6.46. The highest BCUT2D eigenvalue weighted by atomic mass is 15.4. The molecule has 1 heterocycles. The first kappa shape index (κ1) is 20.4. The number of anilines is 1. The van der Waals surface area contributed by atoms with Gasteiger partial charge in [-0.15, -0.1) is 0 Å². The highest BCUT2D eigenvalue weighted by molar-refractivity contribution is 6.06. The largest absolute Gasteiger partial charge is 0.369 e. The van der Waals surface area contributed by atoms with Gasteiger partial charge in [-0.1, -0.05) is 61.9 Å². The number of nitrogens with zero attached hydrogens (tertiary/aromatic N) is 4. The summed E-state index contributed by atoms with van der Waals surface area (Å²) >= 11 is 0. The molecule has 2 aromatic carbocycles. The molecule has 0 bridgehead atoms. The van der Waals surface area contributed by atoms with E-state index in [1.165, 1.54) is 17.5 Å². The summed E-state index contributed by atoms with van der Waals surface area (Å²) in [5, 5.41) is 0. The zero-order chi connectivity index (χ0) is 21.0. The molecule has 0 saturated heterocycles. The molecule has 30 heavy (non-hydrogen) atoms. The molecule has 6 heteroatoms. The molecule has 4 rings (SSSR count). The summed E-state index contributed by atoms with van der Waals surface area (Å²) in [7, 11) is 0. The topological polar surface area (TPSA) is 83.2 Å². The van der Waals surface area contributed by atoms with E-state index in [1.807, 2.05) is 0 Å². The highest BCUT2D eigenvalue weighted by Gasteiger charge is 2.43. The zero-order valence-electron chi connectivity index (χ0n) is 17.8. The lowest BCUT2D eigenvalue weighted by Gasteiger charge is -2.46. The van der Waals surface area contributed by atoms with Crippen LogP contribution >= 0.6 is 0 Å². The van der Waals surface area contributed by atoms with Crippen molar-refractivity contribution in [3.05, 3.63) is 65.7 Å². The molecule has 0 unspecified atom stereocenters. The van der Waals surface area contributed by atoms with Gasteiger partial charge >= 0.3 is 0 Å². The van der Waals surface area contributed by atoms with Crippen molar-refractivity contribution in [2.45, 2.75) is 57.8 Å². The molecule has 2 aromatic rings. The van der Waals surface area contributed by atoms with E-state index in [1.54, 1.807) is 0 Å². The van der Waals surface area contributed by atoms with Crippen LogP contribution in [0.3, 0.4) is 0 Å². The molecular formula is C24H32N6. The standard InChI is InChI=1S/C24H32N6/c1-2-29(17-19-11-5-3-6-12-19)18-20-13-7-8-14-21(20)30-23(26)27-22(25)28-24(30)15-9-4-10-16-24/h3,5-8,11-14H,2,4,9-10,15-18H2,1H3,(H4,25,26,27,28). The maximum absolute atomic E-state index is 6.46. The number of aliphatic imine (C=N–C) groups is 2. The summed E-state index contributed by atoms with van der Waals surface area (Å²) in [5.41, 5.74) is 15.7. The molecule has 1 spiro atoms. The normalized spacial score (nSPS) is 18.4. The lowest BCUT2D eigenvalue weighted by atomic mass is 9.87. The Labute approximate surface area is 179 Å². The first-order valence-corrected chi connectivity index (χ1v) is 11.0. The number of para-hydroxylation sites is 1. The SMILES string of the molecule is CCN(Cc1ccccc1)Cc1ccccc1N1C(N)=NC(N)=NC12CCCCC2. The van der Waals surface area contributed by atoms with E-state index in [2.05, 4.69) is 76.3 Å². The van der Waals surface area contributed by atoms with Crippen molar-refractivity contribution >= 4 is 17.6 Å². The van der Waals surface area contributed by atoms with E-state index in [-0.39, 0.29) is 0 Å². The van der Waals surface area contributed by atoms with Crippen LogP contribution in [0.15, 0.2) is 64.6 Å². The minimum absolute atomic E-state index is 0.294. The van der Waals surface area contributed by atoms with Crippen LogP contribution in [-0.4, -0.2) is 29.0 Å². The van der Waals surface area contributed by atoms with Gasteiger partial charge in [-0.2, -0.15) is 4.99 Å². The molecule has 4 N–H and O–H groups in total. The Morgan fingerprint density at radius 2 is 1.63 bits per heavy atom. The fourth-order valence-corrected chi connectivity index (χ4v) is 4.69. The first-order chi connectivity index (χ1) is 14.6. The number of rotatable bonds is 6. The van der Waals surface area contributed by atoms with E-state index in [0.717, 1.165) is 51.0 Å². The molecule has 1 aliphatic carbocycles. The van der Waals surface area contributed by atoms with Crippen molar-refractivity contribution in [1.82, 2.24) is 4.90 Å². The summed E-state index contributed by atoms with van der Waals surface area (Å²) in [6.45, 7) is 4.91. The third kappa shape index (κ3) is 4.19. The molecule has 0 aromatic heterocycles. The monoisotopic (exact) mass is 404 g/mol. The van der Waals surface area contributed by atoms with E-state index >= 15 is 0 Å². The second kappa shape index (κ2) is 8.88. The van der Waals surface area contributed by atoms with Gasteiger partial charge in [-0.3, -0.25) is 9.80 Å². The van der Waals surface area contributed by atoms with Gasteiger partial charge in [-0.05, 0) is 49.4 Å². The van der Waals surface area contributed by atoms with Crippen molar-refractivity contribution in [2.24, 2.45) is 21.5 Å². The predicted octanol–water partition coefficient (Wildman–Crippen LogP) is 3.82. The molecule has 1 fully saturated rings. The molecule has 2 aliphatic rings. The summed E-state index contributed by atoms with van der Waals surface area (Å²) in [5.74, 6) is 0.741. The smallest absolute Gasteiger partial charge is 0.220 e. The number of hydrogen-bond acceptors (Lipinski definition) is 6. The second-order valence-electron chi connectivity index (χ2n) is 8.24. The van der Waals surface area contributed by atoms with Crippen LogP contribution in [0.5, 0.6) is 0 Å². The van der Waals surface area contributed by atoms with Crippen LogP contribution in [0.4, 0.5) is 5.69 Å². The van der Waals surface area contributed by atoms with Gasteiger partial charge in [0.2, 0.25) is 11.9 Å². The van der Waals surface area contributed by atoms with E-state index < -0.39 is 5.66 Å². The molecule has 1 saturated carbocycles. The summed E-state index contributed by atoms with van der Waals surface area (Å²) in [6, 6.07) is 19.1. The highest BCUT2D eigenvalue weighted by Crippen LogP contribution is 2.40. The summed E-state index contributed by atoms with van der Waals surface area (Å²) < 4.78 is 0. The van der Waals surface area contributed by atoms with Crippen LogP contribution in [0.25, 0.3) is 0 Å². The van der Waals surface area contributed by atoms with Gasteiger partial charge in [0.15, 0.2) is 0 Å². The van der Waals surface area contributed by atoms with Crippen molar-refractivity contribution in [1.29, 1.82) is 0 Å². The molecule has 158 valence electrons. The molecule has 6 nitrogen and oxygen atoms in total. The van der Waals surface area contributed by atoms with Gasteiger partial charge in [0.05, 0.1) is 5.69 Å². The number of nitrogens with two attached hydrogens (primary N) is 2. The van der Waals surface area contributed by atoms with Crippen molar-refractivity contribution < 1.29 is 0 Å². The third-order valence-electron chi connectivity index (χ3n) is 6.17. The average Bonchev–Trinajstić information content (AvgIpc) is 2.75. The minimum atomic E-state index is -0.416. The van der Waals surface area contributed by atoms with E-state index in [0.29, 0.717) is 11.9 Å². The summed E-state index contributed by atoms with van der Waals surface area (Å²) in [4.78, 5) is 13.7. The Kier molecular flexibility index (Phi) is 6.04. The second-order valence-corrected chi connectivity index (χ2v) is 8.24. The van der Waals surface area contributed by atoms with E-state index in [4.69, 9.17) is 16.5 Å². The third-order valence-corrected chi connectivity index (χ3v) is 6.17. The first-order valence-electron chi connectivity index (χ1n) is 11.0. The fraction of sp³-hybridized carbons (Fsp3) is 0.417. The average molecular weight is 405 g/mol. The predicted molar refractivity (Wildman–Crippen MR) is 124 cm³/mol. The molecule has 1 aliphatic heterocycles. The van der Waals surface area contributed by atoms with E-state index in [9.17, 15) is 0 Å². The lowest BCUT2D eigenvalue weighted by molar-refractivity contribution is 0.269. The number of hydrogen-bond donors (Lipinski definition) is 2. The van der Waals surface area contributed by atoms with Crippen molar-refractivity contribution in [2.75, 3.05) is 11.4 Å². The Balaban J connectivity index is 1.66.